The molecular formula is C9H7F5N2O2. The summed E-state index contributed by atoms with van der Waals surface area (Å²) in [6, 6.07) is 0. The molecule has 0 saturated heterocycles. The zero-order valence-electron chi connectivity index (χ0n) is 8.89. The lowest BCUT2D eigenvalue weighted by Crippen LogP contribution is -2.19. The first-order valence-corrected chi connectivity index (χ1v) is 4.42. The Bertz CT molecular complexity index is 473. The van der Waals surface area contributed by atoms with Gasteiger partial charge in [-0.3, -0.25) is 4.98 Å². The van der Waals surface area contributed by atoms with E-state index in [1.54, 1.807) is 0 Å². The van der Waals surface area contributed by atoms with E-state index in [1.165, 1.54) is 0 Å². The fraction of sp³-hybridized carbons (Fsp3) is 0.333. The predicted octanol–water partition coefficient (Wildman–Crippen LogP) is 2.41. The largest absolute Gasteiger partial charge is 0.465 e. The summed E-state index contributed by atoms with van der Waals surface area (Å²) in [4.78, 5) is 14.1. The van der Waals surface area contributed by atoms with Crippen LogP contribution in [0, 0.1) is 0 Å². The van der Waals surface area contributed by atoms with E-state index in [1.807, 2.05) is 0 Å². The number of nitrogen functional groups attached to an aromatic ring is 1. The molecule has 0 aliphatic rings. The van der Waals surface area contributed by atoms with E-state index in [2.05, 4.69) is 9.72 Å². The van der Waals surface area contributed by atoms with Crippen LogP contribution in [0.15, 0.2) is 6.20 Å². The van der Waals surface area contributed by atoms with Gasteiger partial charge in [0.1, 0.15) is 5.69 Å². The minimum absolute atomic E-state index is 0.129. The third-order valence-electron chi connectivity index (χ3n) is 2.05. The Balaban J connectivity index is 3.57. The molecule has 0 aliphatic carbocycles. The highest BCUT2D eigenvalue weighted by Crippen LogP contribution is 2.37. The number of carbonyl (C=O) groups is 1. The monoisotopic (exact) mass is 270 g/mol. The predicted molar refractivity (Wildman–Crippen MR) is 49.9 cm³/mol. The van der Waals surface area contributed by atoms with Crippen molar-refractivity contribution in [3.05, 3.63) is 23.0 Å². The number of rotatable bonds is 2. The van der Waals surface area contributed by atoms with Gasteiger partial charge in [-0.2, -0.15) is 13.2 Å². The molecule has 0 amide bonds. The van der Waals surface area contributed by atoms with Gasteiger partial charge in [0.15, 0.2) is 0 Å². The smallest absolute Gasteiger partial charge is 0.418 e. The number of aromatic nitrogens is 1. The molecule has 1 heterocycles. The van der Waals surface area contributed by atoms with Crippen molar-refractivity contribution in [2.45, 2.75) is 12.6 Å². The Morgan fingerprint density at radius 2 is 2.00 bits per heavy atom. The van der Waals surface area contributed by atoms with E-state index < -0.39 is 41.1 Å². The quantitative estimate of drug-likeness (QED) is 0.662. The molecule has 0 saturated carbocycles. The maximum absolute atomic E-state index is 12.6. The number of methoxy groups -OCH3 is 1. The minimum atomic E-state index is -4.95. The molecule has 0 fully saturated rings. The van der Waals surface area contributed by atoms with Crippen molar-refractivity contribution in [1.82, 2.24) is 4.98 Å². The molecule has 0 spiro atoms. The molecule has 0 bridgehead atoms. The summed E-state index contributed by atoms with van der Waals surface area (Å²) in [6.07, 6.45) is -8.02. The number of ether oxygens (including phenoxy) is 1. The Hall–Kier alpha value is -1.93. The molecular weight excluding hydrogens is 263 g/mol. The number of nitrogens with zero attached hydrogens (tertiary/aromatic N) is 1. The van der Waals surface area contributed by atoms with Crippen LogP contribution in [0.4, 0.5) is 27.6 Å². The molecule has 1 aromatic heterocycles. The minimum Gasteiger partial charge on any atom is -0.465 e. The van der Waals surface area contributed by atoms with Crippen LogP contribution in [-0.4, -0.2) is 18.1 Å². The van der Waals surface area contributed by atoms with Gasteiger partial charge in [-0.05, 0) is 0 Å². The number of esters is 1. The van der Waals surface area contributed by atoms with Crippen molar-refractivity contribution in [3.63, 3.8) is 0 Å². The molecule has 18 heavy (non-hydrogen) atoms. The van der Waals surface area contributed by atoms with Crippen molar-refractivity contribution >= 4 is 11.7 Å². The van der Waals surface area contributed by atoms with Crippen molar-refractivity contribution in [2.75, 3.05) is 12.8 Å². The van der Waals surface area contributed by atoms with Crippen LogP contribution < -0.4 is 5.73 Å². The second-order valence-electron chi connectivity index (χ2n) is 3.14. The second kappa shape index (κ2) is 4.75. The molecule has 0 atom stereocenters. The van der Waals surface area contributed by atoms with E-state index in [4.69, 9.17) is 5.73 Å². The number of nitrogens with two attached hydrogens (primary N) is 1. The van der Waals surface area contributed by atoms with Crippen LogP contribution in [-0.2, 0) is 10.9 Å². The van der Waals surface area contributed by atoms with Gasteiger partial charge in [0.25, 0.3) is 6.43 Å². The van der Waals surface area contributed by atoms with Crippen LogP contribution in [0.2, 0.25) is 0 Å². The topological polar surface area (TPSA) is 65.2 Å². The molecule has 1 aromatic rings. The highest BCUT2D eigenvalue weighted by Gasteiger charge is 2.38. The number of hydrogen-bond acceptors (Lipinski definition) is 4. The maximum atomic E-state index is 12.6. The Labute approximate surface area is 97.6 Å². The molecule has 100 valence electrons. The van der Waals surface area contributed by atoms with Crippen molar-refractivity contribution < 1.29 is 31.5 Å². The third kappa shape index (κ3) is 2.49. The van der Waals surface area contributed by atoms with Gasteiger partial charge in [-0.25, -0.2) is 13.6 Å². The molecule has 0 aliphatic heterocycles. The maximum Gasteiger partial charge on any atom is 0.418 e. The van der Waals surface area contributed by atoms with Crippen molar-refractivity contribution in [1.29, 1.82) is 0 Å². The van der Waals surface area contributed by atoms with E-state index in [0.29, 0.717) is 0 Å². The molecule has 0 unspecified atom stereocenters. The number of pyridine rings is 1. The summed E-state index contributed by atoms with van der Waals surface area (Å²) in [5.41, 5.74) is 0.311. The van der Waals surface area contributed by atoms with Gasteiger partial charge in [0.05, 0.1) is 23.9 Å². The van der Waals surface area contributed by atoms with Gasteiger partial charge >= 0.3 is 12.1 Å². The van der Waals surface area contributed by atoms with E-state index >= 15 is 0 Å². The van der Waals surface area contributed by atoms with Crippen LogP contribution in [0.5, 0.6) is 0 Å². The highest BCUT2D eigenvalue weighted by molar-refractivity contribution is 5.97. The molecule has 1 rings (SSSR count). The van der Waals surface area contributed by atoms with Gasteiger partial charge in [0, 0.05) is 6.20 Å². The van der Waals surface area contributed by atoms with E-state index in [9.17, 15) is 26.7 Å². The molecule has 9 heteroatoms. The second-order valence-corrected chi connectivity index (χ2v) is 3.14. The van der Waals surface area contributed by atoms with Crippen LogP contribution >= 0.6 is 0 Å². The van der Waals surface area contributed by atoms with Gasteiger partial charge in [-0.1, -0.05) is 0 Å². The fourth-order valence-electron chi connectivity index (χ4n) is 1.25. The SMILES string of the molecule is COC(=O)c1c(C(F)(F)F)cnc(C(F)F)c1N. The Kier molecular flexibility index (Phi) is 3.73. The lowest BCUT2D eigenvalue weighted by Gasteiger charge is -2.15. The first kappa shape index (κ1) is 14.1. The zero-order valence-corrected chi connectivity index (χ0v) is 8.89. The van der Waals surface area contributed by atoms with E-state index in [0.717, 1.165) is 7.11 Å². The van der Waals surface area contributed by atoms with Crippen LogP contribution in [0.1, 0.15) is 28.0 Å². The van der Waals surface area contributed by atoms with Crippen molar-refractivity contribution in [2.24, 2.45) is 0 Å². The zero-order chi connectivity index (χ0) is 14.1. The molecule has 0 radical (unpaired) electrons. The van der Waals surface area contributed by atoms with Crippen LogP contribution in [0.25, 0.3) is 0 Å². The first-order valence-electron chi connectivity index (χ1n) is 4.42. The molecule has 2 N–H and O–H groups in total. The number of carbonyl (C=O) groups excluding carboxylic acids is 1. The summed E-state index contributed by atoms with van der Waals surface area (Å²) < 4.78 is 66.7. The average Bonchev–Trinajstić information content (AvgIpc) is 2.25. The average molecular weight is 270 g/mol. The standard InChI is InChI=1S/C9H7F5N2O2/c1-18-8(17)4-3(9(12,13)14)2-16-6(5(4)15)7(10)11/h2,7H,15H2,1H3. The van der Waals surface area contributed by atoms with Gasteiger partial charge in [-0.15, -0.1) is 0 Å². The number of anilines is 1. The van der Waals surface area contributed by atoms with Gasteiger partial charge in [0.2, 0.25) is 0 Å². The number of halogens is 5. The summed E-state index contributed by atoms with van der Waals surface area (Å²) >= 11 is 0. The third-order valence-corrected chi connectivity index (χ3v) is 2.05. The van der Waals surface area contributed by atoms with E-state index in [-0.39, 0.29) is 6.20 Å². The first-order chi connectivity index (χ1) is 8.20. The summed E-state index contributed by atoms with van der Waals surface area (Å²) in [6.45, 7) is 0. The Morgan fingerprint density at radius 1 is 1.44 bits per heavy atom. The molecule has 0 aromatic carbocycles. The lowest BCUT2D eigenvalue weighted by atomic mass is 10.1. The van der Waals surface area contributed by atoms with Crippen molar-refractivity contribution in [3.8, 4) is 0 Å². The number of alkyl halides is 5. The van der Waals surface area contributed by atoms with Gasteiger partial charge < -0.3 is 10.5 Å². The summed E-state index contributed by atoms with van der Waals surface area (Å²) in [5.74, 6) is -1.45. The normalized spacial score (nSPS) is 11.7. The highest BCUT2D eigenvalue weighted by atomic mass is 19.4. The molecule has 4 nitrogen and oxygen atoms in total. The fourth-order valence-corrected chi connectivity index (χ4v) is 1.25. The van der Waals surface area contributed by atoms with Crippen LogP contribution in [0.3, 0.4) is 0 Å². The summed E-state index contributed by atoms with van der Waals surface area (Å²) in [7, 11) is 0.810. The lowest BCUT2D eigenvalue weighted by molar-refractivity contribution is -0.138. The number of hydrogen-bond donors (Lipinski definition) is 1. The Morgan fingerprint density at radius 3 is 2.39 bits per heavy atom. The summed E-state index contributed by atoms with van der Waals surface area (Å²) in [5, 5.41) is 0.